The number of aromatic nitrogens is 5. The Balaban J connectivity index is 1.60. The van der Waals surface area contributed by atoms with Crippen molar-refractivity contribution in [1.29, 1.82) is 0 Å². The molecule has 9 heteroatoms. The van der Waals surface area contributed by atoms with Gasteiger partial charge in [0.15, 0.2) is 0 Å². The predicted molar refractivity (Wildman–Crippen MR) is 95.5 cm³/mol. The molecule has 9 nitrogen and oxygen atoms in total. The largest absolute Gasteiger partial charge is 0.395 e. The van der Waals surface area contributed by atoms with Crippen LogP contribution in [0.3, 0.4) is 0 Å². The number of nitrogens with zero attached hydrogens (tertiary/aromatic N) is 7. The van der Waals surface area contributed by atoms with Crippen molar-refractivity contribution < 1.29 is 9.90 Å². The fourth-order valence-electron chi connectivity index (χ4n) is 3.41. The molecule has 2 aromatic heterocycles. The van der Waals surface area contributed by atoms with Gasteiger partial charge in [0.05, 0.1) is 24.9 Å². The Morgan fingerprint density at radius 2 is 2.04 bits per heavy atom. The van der Waals surface area contributed by atoms with E-state index in [0.717, 1.165) is 24.5 Å². The van der Waals surface area contributed by atoms with Crippen molar-refractivity contribution in [2.45, 2.75) is 25.3 Å². The molecule has 1 saturated heterocycles. The van der Waals surface area contributed by atoms with Crippen LogP contribution in [0.1, 0.15) is 40.8 Å². The molecule has 0 radical (unpaired) electrons. The number of rotatable bonds is 6. The minimum Gasteiger partial charge on any atom is -0.395 e. The van der Waals surface area contributed by atoms with Crippen LogP contribution in [0.2, 0.25) is 0 Å². The van der Waals surface area contributed by atoms with E-state index in [1.807, 2.05) is 30.9 Å². The topological polar surface area (TPSA) is 92.3 Å². The molecule has 0 unspecified atom stereocenters. The van der Waals surface area contributed by atoms with Gasteiger partial charge < -0.3 is 14.6 Å². The van der Waals surface area contributed by atoms with Gasteiger partial charge >= 0.3 is 0 Å². The fourth-order valence-corrected chi connectivity index (χ4v) is 3.41. The molecule has 3 rings (SSSR count). The molecule has 142 valence electrons. The maximum absolute atomic E-state index is 12.5. The van der Waals surface area contributed by atoms with E-state index in [1.54, 1.807) is 17.1 Å². The highest BCUT2D eigenvalue weighted by molar-refractivity contribution is 5.93. The summed E-state index contributed by atoms with van der Waals surface area (Å²) in [6.45, 7) is 2.82. The number of hydrogen-bond acceptors (Lipinski definition) is 6. The smallest absolute Gasteiger partial charge is 0.257 e. The summed E-state index contributed by atoms with van der Waals surface area (Å²) in [4.78, 5) is 16.4. The van der Waals surface area contributed by atoms with Gasteiger partial charge in [0.2, 0.25) is 0 Å². The van der Waals surface area contributed by atoms with Crippen LogP contribution in [-0.4, -0.2) is 78.6 Å². The zero-order chi connectivity index (χ0) is 18.7. The van der Waals surface area contributed by atoms with E-state index in [0.29, 0.717) is 37.7 Å². The van der Waals surface area contributed by atoms with E-state index >= 15 is 0 Å². The summed E-state index contributed by atoms with van der Waals surface area (Å²) < 4.78 is 3.70. The molecular formula is C17H27N7O2. The third-order valence-corrected chi connectivity index (χ3v) is 4.99. The summed E-state index contributed by atoms with van der Waals surface area (Å²) in [5, 5.41) is 21.8. The molecule has 2 aromatic rings. The SMILES string of the molecule is CN(CCO)Cc1nnc(C2CCN(C(=O)c3cnn(C)c3)CC2)n1C. The number of hydrogen-bond donors (Lipinski definition) is 1. The molecule has 1 fully saturated rings. The molecule has 1 aliphatic rings. The van der Waals surface area contributed by atoms with Gasteiger partial charge in [0, 0.05) is 45.8 Å². The van der Waals surface area contributed by atoms with Gasteiger partial charge in [-0.05, 0) is 19.9 Å². The third-order valence-electron chi connectivity index (χ3n) is 4.99. The molecule has 0 aliphatic carbocycles. The van der Waals surface area contributed by atoms with Crippen molar-refractivity contribution in [2.75, 3.05) is 33.3 Å². The van der Waals surface area contributed by atoms with Gasteiger partial charge in [0.1, 0.15) is 11.6 Å². The lowest BCUT2D eigenvalue weighted by atomic mass is 9.95. The van der Waals surface area contributed by atoms with E-state index in [4.69, 9.17) is 5.11 Å². The number of carbonyl (C=O) groups is 1. The fraction of sp³-hybridized carbons (Fsp3) is 0.647. The normalized spacial score (nSPS) is 15.8. The van der Waals surface area contributed by atoms with Crippen LogP contribution in [0, 0.1) is 0 Å². The Hall–Kier alpha value is -2.26. The van der Waals surface area contributed by atoms with Crippen LogP contribution in [0.4, 0.5) is 0 Å². The maximum Gasteiger partial charge on any atom is 0.257 e. The highest BCUT2D eigenvalue weighted by Gasteiger charge is 2.28. The summed E-state index contributed by atoms with van der Waals surface area (Å²) in [6, 6.07) is 0. The Kier molecular flexibility index (Phi) is 5.67. The number of piperidine rings is 1. The van der Waals surface area contributed by atoms with Crippen molar-refractivity contribution in [3.8, 4) is 0 Å². The first kappa shape index (κ1) is 18.5. The van der Waals surface area contributed by atoms with E-state index in [-0.39, 0.29) is 12.5 Å². The Bertz CT molecular complexity index is 746. The quantitative estimate of drug-likeness (QED) is 0.778. The molecule has 0 aromatic carbocycles. The van der Waals surface area contributed by atoms with Crippen LogP contribution >= 0.6 is 0 Å². The molecule has 1 amide bonds. The lowest BCUT2D eigenvalue weighted by molar-refractivity contribution is 0.0710. The molecule has 1 aliphatic heterocycles. The van der Waals surface area contributed by atoms with Gasteiger partial charge in [-0.25, -0.2) is 0 Å². The number of likely N-dealkylation sites (tertiary alicyclic amines) is 1. The minimum absolute atomic E-state index is 0.0424. The number of amides is 1. The first-order valence-electron chi connectivity index (χ1n) is 8.95. The zero-order valence-electron chi connectivity index (χ0n) is 15.7. The average molecular weight is 361 g/mol. The van der Waals surface area contributed by atoms with E-state index in [1.165, 1.54) is 0 Å². The summed E-state index contributed by atoms with van der Waals surface area (Å²) in [5.74, 6) is 2.22. The Labute approximate surface area is 153 Å². The van der Waals surface area contributed by atoms with E-state index in [2.05, 4.69) is 19.9 Å². The molecular weight excluding hydrogens is 334 g/mol. The van der Waals surface area contributed by atoms with Crippen LogP contribution < -0.4 is 0 Å². The van der Waals surface area contributed by atoms with Crippen LogP contribution in [0.5, 0.6) is 0 Å². The number of likely N-dealkylation sites (N-methyl/N-ethyl adjacent to an activating group) is 1. The van der Waals surface area contributed by atoms with Crippen molar-refractivity contribution in [3.05, 3.63) is 29.6 Å². The first-order chi connectivity index (χ1) is 12.5. The maximum atomic E-state index is 12.5. The second kappa shape index (κ2) is 7.96. The lowest BCUT2D eigenvalue weighted by Gasteiger charge is -2.31. The molecule has 0 atom stereocenters. The molecule has 0 spiro atoms. The van der Waals surface area contributed by atoms with Crippen LogP contribution in [0.15, 0.2) is 12.4 Å². The number of aliphatic hydroxyl groups is 1. The van der Waals surface area contributed by atoms with Gasteiger partial charge in [-0.2, -0.15) is 5.10 Å². The second-order valence-corrected chi connectivity index (χ2v) is 6.96. The van der Waals surface area contributed by atoms with E-state index in [9.17, 15) is 4.79 Å². The molecule has 3 heterocycles. The predicted octanol–water partition coefficient (Wildman–Crippen LogP) is -0.00750. The summed E-state index contributed by atoms with van der Waals surface area (Å²) >= 11 is 0. The monoisotopic (exact) mass is 361 g/mol. The number of aliphatic hydroxyl groups excluding tert-OH is 1. The molecule has 0 saturated carbocycles. The van der Waals surface area contributed by atoms with Gasteiger partial charge in [0.25, 0.3) is 5.91 Å². The highest BCUT2D eigenvalue weighted by Crippen LogP contribution is 2.27. The van der Waals surface area contributed by atoms with Crippen molar-refractivity contribution >= 4 is 5.91 Å². The Morgan fingerprint density at radius 1 is 1.31 bits per heavy atom. The average Bonchev–Trinajstić information content (AvgIpc) is 3.21. The molecule has 0 bridgehead atoms. The van der Waals surface area contributed by atoms with Crippen LogP contribution in [0.25, 0.3) is 0 Å². The standard InChI is InChI=1S/C17H27N7O2/c1-21(8-9-25)12-15-19-20-16(23(15)3)13-4-6-24(7-5-13)17(26)14-10-18-22(2)11-14/h10-11,13,25H,4-9,12H2,1-3H3. The summed E-state index contributed by atoms with van der Waals surface area (Å²) in [6.07, 6.45) is 5.13. The molecule has 1 N–H and O–H groups in total. The lowest BCUT2D eigenvalue weighted by Crippen LogP contribution is -2.38. The van der Waals surface area contributed by atoms with Gasteiger partial charge in [-0.3, -0.25) is 14.4 Å². The third kappa shape index (κ3) is 3.94. The summed E-state index contributed by atoms with van der Waals surface area (Å²) in [7, 11) is 5.75. The second-order valence-electron chi connectivity index (χ2n) is 6.96. The highest BCUT2D eigenvalue weighted by atomic mass is 16.3. The van der Waals surface area contributed by atoms with Gasteiger partial charge in [-0.1, -0.05) is 0 Å². The van der Waals surface area contributed by atoms with Crippen LogP contribution in [-0.2, 0) is 20.6 Å². The molecule has 26 heavy (non-hydrogen) atoms. The van der Waals surface area contributed by atoms with Crippen molar-refractivity contribution in [2.24, 2.45) is 14.1 Å². The minimum atomic E-state index is 0.0424. The number of aryl methyl sites for hydroxylation is 1. The first-order valence-corrected chi connectivity index (χ1v) is 8.95. The van der Waals surface area contributed by atoms with Gasteiger partial charge in [-0.15, -0.1) is 10.2 Å². The van der Waals surface area contributed by atoms with E-state index < -0.39 is 0 Å². The van der Waals surface area contributed by atoms with Crippen molar-refractivity contribution in [3.63, 3.8) is 0 Å². The summed E-state index contributed by atoms with van der Waals surface area (Å²) in [5.41, 5.74) is 0.638. The Morgan fingerprint density at radius 3 is 2.65 bits per heavy atom. The zero-order valence-corrected chi connectivity index (χ0v) is 15.7. The van der Waals surface area contributed by atoms with Crippen molar-refractivity contribution in [1.82, 2.24) is 34.3 Å². The number of carbonyl (C=O) groups excluding carboxylic acids is 1.